The first kappa shape index (κ1) is 15.5. The van der Waals surface area contributed by atoms with E-state index in [9.17, 15) is 9.59 Å². The van der Waals surface area contributed by atoms with Crippen LogP contribution in [-0.2, 0) is 0 Å². The van der Waals surface area contributed by atoms with E-state index in [0.29, 0.717) is 16.8 Å². The van der Waals surface area contributed by atoms with E-state index in [4.69, 9.17) is 0 Å². The number of nitrogens with one attached hydrogen (secondary N) is 1. The van der Waals surface area contributed by atoms with Gasteiger partial charge in [-0.15, -0.1) is 0 Å². The molecule has 4 heteroatoms. The van der Waals surface area contributed by atoms with Gasteiger partial charge in [0.2, 0.25) is 0 Å². The molecular weight excluding hydrogens is 276 g/mol. The summed E-state index contributed by atoms with van der Waals surface area (Å²) in [7, 11) is 3.68. The molecule has 0 aromatic heterocycles. The number of carbonyl (C=O) groups excluding carboxylic acids is 2. The highest BCUT2D eigenvalue weighted by atomic mass is 16.1. The molecule has 4 nitrogen and oxygen atoms in total. The van der Waals surface area contributed by atoms with E-state index in [0.717, 1.165) is 0 Å². The van der Waals surface area contributed by atoms with Crippen LogP contribution in [0.15, 0.2) is 66.9 Å². The average molecular weight is 294 g/mol. The highest BCUT2D eigenvalue weighted by Gasteiger charge is 2.12. The third-order valence-electron chi connectivity index (χ3n) is 3.00. The fourth-order valence-corrected chi connectivity index (χ4v) is 1.90. The molecule has 0 aliphatic rings. The summed E-state index contributed by atoms with van der Waals surface area (Å²) in [5, 5.41) is 2.79. The van der Waals surface area contributed by atoms with Gasteiger partial charge < -0.3 is 10.2 Å². The number of ketones is 1. The number of hydrogen-bond acceptors (Lipinski definition) is 3. The average Bonchev–Trinajstić information content (AvgIpc) is 2.54. The van der Waals surface area contributed by atoms with Gasteiger partial charge >= 0.3 is 0 Å². The number of allylic oxidation sites excluding steroid dienone is 1. The molecule has 0 bridgehead atoms. The van der Waals surface area contributed by atoms with Crippen molar-refractivity contribution < 1.29 is 9.59 Å². The van der Waals surface area contributed by atoms with Crippen LogP contribution >= 0.6 is 0 Å². The van der Waals surface area contributed by atoms with Gasteiger partial charge in [-0.25, -0.2) is 0 Å². The Morgan fingerprint density at radius 3 is 2.27 bits per heavy atom. The second kappa shape index (κ2) is 7.22. The van der Waals surface area contributed by atoms with Crippen LogP contribution in [0.1, 0.15) is 20.7 Å². The van der Waals surface area contributed by atoms with Crippen molar-refractivity contribution in [3.63, 3.8) is 0 Å². The van der Waals surface area contributed by atoms with Crippen LogP contribution in [0.25, 0.3) is 0 Å². The van der Waals surface area contributed by atoms with Crippen molar-refractivity contribution in [2.45, 2.75) is 0 Å². The first-order valence-corrected chi connectivity index (χ1v) is 6.92. The zero-order valence-electron chi connectivity index (χ0n) is 12.6. The summed E-state index contributed by atoms with van der Waals surface area (Å²) in [6.45, 7) is 0. The van der Waals surface area contributed by atoms with Crippen molar-refractivity contribution >= 4 is 17.4 Å². The molecule has 112 valence electrons. The van der Waals surface area contributed by atoms with Gasteiger partial charge in [0.05, 0.1) is 5.69 Å². The Hall–Kier alpha value is -2.88. The highest BCUT2D eigenvalue weighted by Crippen LogP contribution is 2.17. The monoisotopic (exact) mass is 294 g/mol. The molecule has 0 atom stereocenters. The smallest absolute Gasteiger partial charge is 0.255 e. The van der Waals surface area contributed by atoms with Crippen LogP contribution in [0.5, 0.6) is 0 Å². The fraction of sp³-hybridized carbons (Fsp3) is 0.111. The molecule has 1 N–H and O–H groups in total. The summed E-state index contributed by atoms with van der Waals surface area (Å²) in [5.41, 5.74) is 1.52. The van der Waals surface area contributed by atoms with Crippen LogP contribution in [0, 0.1) is 0 Å². The topological polar surface area (TPSA) is 49.4 Å². The first-order valence-electron chi connectivity index (χ1n) is 6.92. The Morgan fingerprint density at radius 1 is 0.955 bits per heavy atom. The number of rotatable bonds is 5. The van der Waals surface area contributed by atoms with Gasteiger partial charge in [-0.1, -0.05) is 30.3 Å². The quantitative estimate of drug-likeness (QED) is 0.680. The number of hydrogen-bond donors (Lipinski definition) is 1. The first-order chi connectivity index (χ1) is 10.6. The van der Waals surface area contributed by atoms with Crippen LogP contribution in [-0.4, -0.2) is 30.7 Å². The second-order valence-corrected chi connectivity index (χ2v) is 5.01. The number of nitrogens with zero attached hydrogens (tertiary/aromatic N) is 1. The van der Waals surface area contributed by atoms with E-state index in [1.807, 2.05) is 20.2 Å². The standard InChI is InChI=1S/C18H18N2O2/c1-20(2)13-12-17(21)15-10-6-7-11-16(15)19-18(22)14-8-4-3-5-9-14/h3-13H,1-2H3,(H,19,22)/b13-12+. The Morgan fingerprint density at radius 2 is 1.59 bits per heavy atom. The lowest BCUT2D eigenvalue weighted by atomic mass is 10.1. The molecule has 0 fully saturated rings. The zero-order valence-corrected chi connectivity index (χ0v) is 12.6. The summed E-state index contributed by atoms with van der Waals surface area (Å²) in [4.78, 5) is 26.2. The second-order valence-electron chi connectivity index (χ2n) is 5.01. The number of carbonyl (C=O) groups is 2. The fourth-order valence-electron chi connectivity index (χ4n) is 1.90. The molecule has 0 radical (unpaired) electrons. The van der Waals surface area contributed by atoms with Crippen LogP contribution < -0.4 is 5.32 Å². The van der Waals surface area contributed by atoms with E-state index in [1.165, 1.54) is 6.08 Å². The summed E-state index contributed by atoms with van der Waals surface area (Å²) in [6.07, 6.45) is 3.16. The van der Waals surface area contributed by atoms with Crippen LogP contribution in [0.3, 0.4) is 0 Å². The lowest BCUT2D eigenvalue weighted by Crippen LogP contribution is -2.14. The normalized spacial score (nSPS) is 10.5. The molecule has 0 unspecified atom stereocenters. The predicted octanol–water partition coefficient (Wildman–Crippen LogP) is 3.20. The van der Waals surface area contributed by atoms with Gasteiger partial charge in [-0.05, 0) is 24.3 Å². The third kappa shape index (κ3) is 4.06. The third-order valence-corrected chi connectivity index (χ3v) is 3.00. The maximum Gasteiger partial charge on any atom is 0.255 e. The molecule has 2 rings (SSSR count). The van der Waals surface area contributed by atoms with E-state index in [1.54, 1.807) is 59.6 Å². The predicted molar refractivity (Wildman–Crippen MR) is 88.0 cm³/mol. The summed E-state index contributed by atoms with van der Waals surface area (Å²) < 4.78 is 0. The van der Waals surface area contributed by atoms with Crippen LogP contribution in [0.4, 0.5) is 5.69 Å². The van der Waals surface area contributed by atoms with Crippen molar-refractivity contribution in [2.75, 3.05) is 19.4 Å². The molecule has 1 amide bonds. The molecule has 0 saturated carbocycles. The maximum atomic E-state index is 12.2. The molecule has 2 aromatic carbocycles. The molecule has 0 spiro atoms. The van der Waals surface area contributed by atoms with E-state index in [2.05, 4.69) is 5.32 Å². The Bertz CT molecular complexity index is 691. The van der Waals surface area contributed by atoms with E-state index < -0.39 is 0 Å². The molecular formula is C18H18N2O2. The van der Waals surface area contributed by atoms with Gasteiger partial charge in [0.1, 0.15) is 0 Å². The van der Waals surface area contributed by atoms with E-state index in [-0.39, 0.29) is 11.7 Å². The van der Waals surface area contributed by atoms with Gasteiger partial charge in [0.15, 0.2) is 5.78 Å². The Kier molecular flexibility index (Phi) is 5.09. The lowest BCUT2D eigenvalue weighted by molar-refractivity contribution is 0.102. The van der Waals surface area contributed by atoms with Gasteiger partial charge in [-0.3, -0.25) is 9.59 Å². The zero-order chi connectivity index (χ0) is 15.9. The highest BCUT2D eigenvalue weighted by molar-refractivity contribution is 6.12. The summed E-state index contributed by atoms with van der Waals surface area (Å²) in [6, 6.07) is 15.9. The lowest BCUT2D eigenvalue weighted by Gasteiger charge is -2.09. The Balaban J connectivity index is 2.22. The van der Waals surface area contributed by atoms with Gasteiger partial charge in [0, 0.05) is 37.5 Å². The van der Waals surface area contributed by atoms with Gasteiger partial charge in [0.25, 0.3) is 5.91 Å². The molecule has 0 saturated heterocycles. The molecule has 22 heavy (non-hydrogen) atoms. The number of para-hydroxylation sites is 1. The number of benzene rings is 2. The van der Waals surface area contributed by atoms with Crippen molar-refractivity contribution in [2.24, 2.45) is 0 Å². The van der Waals surface area contributed by atoms with E-state index >= 15 is 0 Å². The SMILES string of the molecule is CN(C)/C=C/C(=O)c1ccccc1NC(=O)c1ccccc1. The van der Waals surface area contributed by atoms with Crippen molar-refractivity contribution in [3.8, 4) is 0 Å². The van der Waals surface area contributed by atoms with Gasteiger partial charge in [-0.2, -0.15) is 0 Å². The maximum absolute atomic E-state index is 12.2. The van der Waals surface area contributed by atoms with Crippen LogP contribution in [0.2, 0.25) is 0 Å². The molecule has 0 aliphatic carbocycles. The molecule has 2 aromatic rings. The largest absolute Gasteiger partial charge is 0.383 e. The van der Waals surface area contributed by atoms with Crippen molar-refractivity contribution in [3.05, 3.63) is 78.0 Å². The minimum Gasteiger partial charge on any atom is -0.383 e. The minimum atomic E-state index is -0.238. The van der Waals surface area contributed by atoms with Crippen molar-refractivity contribution in [1.82, 2.24) is 4.90 Å². The number of anilines is 1. The molecule has 0 heterocycles. The minimum absolute atomic E-state index is 0.155. The number of amides is 1. The Labute approximate surface area is 130 Å². The summed E-state index contributed by atoms with van der Waals surface area (Å²) >= 11 is 0. The van der Waals surface area contributed by atoms with Crippen molar-refractivity contribution in [1.29, 1.82) is 0 Å². The molecule has 0 aliphatic heterocycles. The summed E-state index contributed by atoms with van der Waals surface area (Å²) in [5.74, 6) is -0.393.